The Labute approximate surface area is 140 Å². The molecule has 3 aromatic rings. The third-order valence-corrected chi connectivity index (χ3v) is 4.10. The molecule has 11 heteroatoms. The minimum Gasteiger partial charge on any atom is -0.493 e. The van der Waals surface area contributed by atoms with E-state index in [1.54, 1.807) is 12.1 Å². The molecule has 1 aromatic carbocycles. The average molecular weight is 399 g/mol. The number of azo groups is 1. The second kappa shape index (κ2) is 5.94. The number of aromatic amines is 2. The number of anilines is 1. The molecule has 0 unspecified atom stereocenters. The van der Waals surface area contributed by atoms with E-state index in [9.17, 15) is 9.90 Å². The van der Waals surface area contributed by atoms with Crippen molar-refractivity contribution in [3.05, 3.63) is 26.6 Å². The monoisotopic (exact) mass is 398 g/mol. The molecule has 2 aromatic heterocycles. The summed E-state index contributed by atoms with van der Waals surface area (Å²) in [6, 6.07) is 4.63. The first kappa shape index (κ1) is 14.8. The molecule has 0 aliphatic rings. The summed E-state index contributed by atoms with van der Waals surface area (Å²) < 4.78 is 1.25. The summed E-state index contributed by atoms with van der Waals surface area (Å²) in [6.07, 6.45) is 0. The van der Waals surface area contributed by atoms with Crippen LogP contribution in [0.5, 0.6) is 5.88 Å². The van der Waals surface area contributed by atoms with Crippen molar-refractivity contribution in [2.45, 2.75) is 0 Å². The molecule has 0 aliphatic carbocycles. The van der Waals surface area contributed by atoms with Gasteiger partial charge in [0.25, 0.3) is 0 Å². The molecule has 4 N–H and O–H groups in total. The second-order valence-electron chi connectivity index (χ2n) is 4.06. The molecule has 0 atom stereocenters. The first-order valence-corrected chi connectivity index (χ1v) is 7.83. The molecule has 3 rings (SSSR count). The van der Waals surface area contributed by atoms with Crippen molar-refractivity contribution in [2.75, 3.05) is 5.32 Å². The fraction of sp³-hybridized carbons (Fsp3) is 0. The second-order valence-corrected chi connectivity index (χ2v) is 6.64. The number of rotatable bonds is 2. The van der Waals surface area contributed by atoms with Crippen LogP contribution in [0.25, 0.3) is 10.9 Å². The van der Waals surface area contributed by atoms with Crippen LogP contribution in [0, 0.1) is 3.95 Å². The molecule has 2 amide bonds. The largest absolute Gasteiger partial charge is 0.493 e. The highest BCUT2D eigenvalue weighted by Gasteiger charge is 2.11. The van der Waals surface area contributed by atoms with E-state index >= 15 is 0 Å². The SMILES string of the molecule is O=C(N=Nc1c(O)[nH]c2ccc(Br)cc12)Nc1n[nH]c(=S)s1. The maximum Gasteiger partial charge on any atom is 0.365 e. The van der Waals surface area contributed by atoms with E-state index in [4.69, 9.17) is 12.2 Å². The van der Waals surface area contributed by atoms with Gasteiger partial charge in [-0.15, -0.1) is 10.2 Å². The van der Waals surface area contributed by atoms with Gasteiger partial charge in [0.2, 0.25) is 11.0 Å². The van der Waals surface area contributed by atoms with E-state index in [0.717, 1.165) is 15.8 Å². The highest BCUT2D eigenvalue weighted by atomic mass is 79.9. The van der Waals surface area contributed by atoms with E-state index in [1.165, 1.54) is 0 Å². The van der Waals surface area contributed by atoms with Gasteiger partial charge in [-0.25, -0.2) is 4.79 Å². The minimum atomic E-state index is -0.721. The van der Waals surface area contributed by atoms with Crippen LogP contribution in [0.2, 0.25) is 0 Å². The number of fused-ring (bicyclic) bond motifs is 1. The summed E-state index contributed by atoms with van der Waals surface area (Å²) in [4.78, 5) is 14.4. The van der Waals surface area contributed by atoms with Crippen molar-refractivity contribution < 1.29 is 9.90 Å². The Kier molecular flexibility index (Phi) is 4.00. The minimum absolute atomic E-state index is 0.167. The third-order valence-electron chi connectivity index (χ3n) is 2.61. The Balaban J connectivity index is 1.85. The number of urea groups is 1. The topological polar surface area (TPSA) is 119 Å². The predicted octanol–water partition coefficient (Wildman–Crippen LogP) is 4.47. The van der Waals surface area contributed by atoms with Gasteiger partial charge in [-0.2, -0.15) is 0 Å². The molecule has 8 nitrogen and oxygen atoms in total. The number of nitrogens with one attached hydrogen (secondary N) is 3. The highest BCUT2D eigenvalue weighted by molar-refractivity contribution is 9.10. The van der Waals surface area contributed by atoms with Crippen LogP contribution in [-0.2, 0) is 0 Å². The lowest BCUT2D eigenvalue weighted by molar-refractivity contribution is 0.258. The van der Waals surface area contributed by atoms with Crippen LogP contribution in [0.1, 0.15) is 0 Å². The lowest BCUT2D eigenvalue weighted by atomic mass is 10.2. The number of hydrogen-bond donors (Lipinski definition) is 4. The van der Waals surface area contributed by atoms with Crippen molar-refractivity contribution in [2.24, 2.45) is 10.2 Å². The number of halogens is 1. The summed E-state index contributed by atoms with van der Waals surface area (Å²) >= 11 is 9.29. The van der Waals surface area contributed by atoms with Crippen molar-refractivity contribution in [3.8, 4) is 5.88 Å². The van der Waals surface area contributed by atoms with Crippen molar-refractivity contribution >= 4 is 67.2 Å². The van der Waals surface area contributed by atoms with Gasteiger partial charge in [0.1, 0.15) is 0 Å². The number of benzene rings is 1. The van der Waals surface area contributed by atoms with E-state index < -0.39 is 6.03 Å². The number of amides is 2. The molecule has 0 radical (unpaired) electrons. The van der Waals surface area contributed by atoms with E-state index in [0.29, 0.717) is 20.0 Å². The van der Waals surface area contributed by atoms with Crippen LogP contribution in [0.4, 0.5) is 15.6 Å². The third kappa shape index (κ3) is 3.05. The van der Waals surface area contributed by atoms with Crippen molar-refractivity contribution in [3.63, 3.8) is 0 Å². The molecule has 112 valence electrons. The van der Waals surface area contributed by atoms with Crippen molar-refractivity contribution in [1.29, 1.82) is 0 Å². The van der Waals surface area contributed by atoms with Crippen LogP contribution in [0.3, 0.4) is 0 Å². The molecule has 22 heavy (non-hydrogen) atoms. The standard InChI is InChI=1S/C11H7BrN6O2S2/c12-4-1-2-6-5(3-4)7(8(19)13-6)15-16-9(20)14-10-17-18-11(21)22-10/h1-3,13,19H,(H,18,21)(H,14,17,20). The number of aromatic nitrogens is 3. The van der Waals surface area contributed by atoms with Crippen LogP contribution < -0.4 is 5.32 Å². The van der Waals surface area contributed by atoms with Gasteiger partial charge in [-0.1, -0.05) is 32.4 Å². The summed E-state index contributed by atoms with van der Waals surface area (Å²) in [5, 5.41) is 26.8. The number of carbonyl (C=O) groups is 1. The molecule has 0 spiro atoms. The van der Waals surface area contributed by atoms with E-state index in [2.05, 4.69) is 46.7 Å². The zero-order chi connectivity index (χ0) is 15.7. The Bertz CT molecular complexity index is 944. The highest BCUT2D eigenvalue weighted by Crippen LogP contribution is 2.36. The lowest BCUT2D eigenvalue weighted by Gasteiger charge is -1.94. The Hall–Kier alpha value is -2.11. The van der Waals surface area contributed by atoms with Gasteiger partial charge in [0.05, 0.1) is 5.52 Å². The number of aromatic hydroxyl groups is 1. The Morgan fingerprint density at radius 2 is 2.32 bits per heavy atom. The Morgan fingerprint density at radius 3 is 3.05 bits per heavy atom. The van der Waals surface area contributed by atoms with Gasteiger partial charge in [0.15, 0.2) is 9.64 Å². The van der Waals surface area contributed by atoms with Crippen LogP contribution in [-0.4, -0.2) is 26.3 Å². The summed E-state index contributed by atoms with van der Waals surface area (Å²) in [7, 11) is 0. The Morgan fingerprint density at radius 1 is 1.50 bits per heavy atom. The molecule has 0 aliphatic heterocycles. The van der Waals surface area contributed by atoms with Crippen LogP contribution >= 0.6 is 39.5 Å². The average Bonchev–Trinajstić information content (AvgIpc) is 2.99. The number of hydrogen-bond acceptors (Lipinski definition) is 6. The normalized spacial score (nSPS) is 11.3. The van der Waals surface area contributed by atoms with Gasteiger partial charge >= 0.3 is 6.03 Å². The van der Waals surface area contributed by atoms with Crippen LogP contribution in [0.15, 0.2) is 32.9 Å². The molecule has 0 saturated heterocycles. The maximum absolute atomic E-state index is 11.7. The van der Waals surface area contributed by atoms with Gasteiger partial charge < -0.3 is 10.1 Å². The predicted molar refractivity (Wildman–Crippen MR) is 88.5 cm³/mol. The summed E-state index contributed by atoms with van der Waals surface area (Å²) in [5.41, 5.74) is 0.862. The number of H-pyrrole nitrogens is 2. The lowest BCUT2D eigenvalue weighted by Crippen LogP contribution is -2.04. The summed E-state index contributed by atoms with van der Waals surface area (Å²) in [5.74, 6) is -0.167. The zero-order valence-corrected chi connectivity index (χ0v) is 13.8. The van der Waals surface area contributed by atoms with Gasteiger partial charge in [-0.3, -0.25) is 10.4 Å². The van der Waals surface area contributed by atoms with E-state index in [-0.39, 0.29) is 11.6 Å². The van der Waals surface area contributed by atoms with Gasteiger partial charge in [0, 0.05) is 9.86 Å². The molecule has 0 saturated carbocycles. The smallest absolute Gasteiger partial charge is 0.365 e. The molecule has 0 fully saturated rings. The molecular weight excluding hydrogens is 392 g/mol. The maximum atomic E-state index is 11.7. The zero-order valence-electron chi connectivity index (χ0n) is 10.6. The van der Waals surface area contributed by atoms with E-state index in [1.807, 2.05) is 6.07 Å². The summed E-state index contributed by atoms with van der Waals surface area (Å²) in [6.45, 7) is 0. The fourth-order valence-corrected chi connectivity index (χ4v) is 2.87. The fourth-order valence-electron chi connectivity index (χ4n) is 1.73. The molecular formula is C11H7BrN6O2S2. The number of carbonyl (C=O) groups excluding carboxylic acids is 1. The first-order valence-electron chi connectivity index (χ1n) is 5.81. The molecule has 2 heterocycles. The molecule has 0 bridgehead atoms. The first-order chi connectivity index (χ1) is 10.5. The number of nitrogens with zero attached hydrogens (tertiary/aromatic N) is 3. The van der Waals surface area contributed by atoms with Gasteiger partial charge in [-0.05, 0) is 30.4 Å². The quantitative estimate of drug-likeness (QED) is 0.376. The van der Waals surface area contributed by atoms with Crippen molar-refractivity contribution in [1.82, 2.24) is 15.2 Å².